The Labute approximate surface area is 146 Å². The van der Waals surface area contributed by atoms with E-state index in [4.69, 9.17) is 0 Å². The van der Waals surface area contributed by atoms with E-state index in [1.165, 1.54) is 0 Å². The first-order chi connectivity index (χ1) is 10.9. The van der Waals surface area contributed by atoms with Crippen LogP contribution in [0.3, 0.4) is 0 Å². The van der Waals surface area contributed by atoms with Crippen molar-refractivity contribution in [3.8, 4) is 0 Å². The van der Waals surface area contributed by atoms with Crippen LogP contribution in [0.4, 0.5) is 11.4 Å². The summed E-state index contributed by atoms with van der Waals surface area (Å²) in [6, 6.07) is 7.65. The zero-order chi connectivity index (χ0) is 18.7. The van der Waals surface area contributed by atoms with E-state index in [-0.39, 0.29) is 11.8 Å². The Morgan fingerprint density at radius 1 is 0.750 bits per heavy atom. The van der Waals surface area contributed by atoms with Crippen LogP contribution < -0.4 is 9.80 Å². The normalized spacial score (nSPS) is 12.0. The highest BCUT2D eigenvalue weighted by atomic mass is 16.2. The van der Waals surface area contributed by atoms with Crippen LogP contribution >= 0.6 is 0 Å². The SMILES string of the molecule is CCN(C(=O)C(C)(C)C)c1ccccc1N(CC)C(=O)C(C)(C)C. The molecule has 1 rings (SSSR count). The molecule has 0 saturated carbocycles. The van der Waals surface area contributed by atoms with E-state index in [0.29, 0.717) is 13.1 Å². The molecule has 0 atom stereocenters. The molecule has 1 aromatic rings. The molecule has 0 radical (unpaired) electrons. The third kappa shape index (κ3) is 4.37. The molecule has 0 bridgehead atoms. The lowest BCUT2D eigenvalue weighted by molar-refractivity contribution is -0.126. The first kappa shape index (κ1) is 20.2. The van der Waals surface area contributed by atoms with Gasteiger partial charge in [0.15, 0.2) is 0 Å². The molecule has 0 aliphatic rings. The summed E-state index contributed by atoms with van der Waals surface area (Å²) in [5.41, 5.74) is 0.626. The van der Waals surface area contributed by atoms with Gasteiger partial charge in [-0.05, 0) is 26.0 Å². The lowest BCUT2D eigenvalue weighted by Gasteiger charge is -2.34. The maximum absolute atomic E-state index is 12.8. The maximum Gasteiger partial charge on any atom is 0.232 e. The fourth-order valence-electron chi connectivity index (χ4n) is 2.58. The summed E-state index contributed by atoms with van der Waals surface area (Å²) in [7, 11) is 0. The molecular formula is C20H32N2O2. The quantitative estimate of drug-likeness (QED) is 0.815. The molecule has 4 heteroatoms. The van der Waals surface area contributed by atoms with Gasteiger partial charge in [0.2, 0.25) is 11.8 Å². The Morgan fingerprint density at radius 2 is 1.04 bits per heavy atom. The van der Waals surface area contributed by atoms with Crippen molar-refractivity contribution in [3.05, 3.63) is 24.3 Å². The Kier molecular flexibility index (Phi) is 6.20. The average molecular weight is 332 g/mol. The topological polar surface area (TPSA) is 40.6 Å². The molecule has 24 heavy (non-hydrogen) atoms. The highest BCUT2D eigenvalue weighted by Gasteiger charge is 2.32. The highest BCUT2D eigenvalue weighted by molar-refractivity contribution is 6.04. The molecule has 0 fully saturated rings. The monoisotopic (exact) mass is 332 g/mol. The molecule has 0 heterocycles. The first-order valence-electron chi connectivity index (χ1n) is 8.68. The predicted molar refractivity (Wildman–Crippen MR) is 101 cm³/mol. The summed E-state index contributed by atoms with van der Waals surface area (Å²) in [5.74, 6) is 0.105. The average Bonchev–Trinajstić information content (AvgIpc) is 2.48. The second-order valence-electron chi connectivity index (χ2n) is 8.09. The van der Waals surface area contributed by atoms with Crippen LogP contribution in [0.2, 0.25) is 0 Å². The molecule has 0 unspecified atom stereocenters. The molecule has 0 aromatic heterocycles. The van der Waals surface area contributed by atoms with Crippen molar-refractivity contribution in [3.63, 3.8) is 0 Å². The minimum absolute atomic E-state index is 0.0525. The van der Waals surface area contributed by atoms with Crippen molar-refractivity contribution < 1.29 is 9.59 Å². The number of hydrogen-bond acceptors (Lipinski definition) is 2. The molecule has 0 aliphatic heterocycles. The molecule has 1 aromatic carbocycles. The summed E-state index contributed by atoms with van der Waals surface area (Å²) in [6.45, 7) is 16.5. The highest BCUT2D eigenvalue weighted by Crippen LogP contribution is 2.34. The smallest absolute Gasteiger partial charge is 0.232 e. The molecule has 2 amide bonds. The summed E-state index contributed by atoms with van der Waals surface area (Å²) >= 11 is 0. The van der Waals surface area contributed by atoms with E-state index in [1.807, 2.05) is 79.7 Å². The Morgan fingerprint density at radius 3 is 1.25 bits per heavy atom. The summed E-state index contributed by atoms with van der Waals surface area (Å²) in [4.78, 5) is 29.2. The minimum Gasteiger partial charge on any atom is -0.310 e. The summed E-state index contributed by atoms with van der Waals surface area (Å²) < 4.78 is 0. The van der Waals surface area contributed by atoms with Gasteiger partial charge in [-0.15, -0.1) is 0 Å². The van der Waals surface area contributed by atoms with E-state index < -0.39 is 10.8 Å². The zero-order valence-electron chi connectivity index (χ0n) is 16.4. The van der Waals surface area contributed by atoms with Crippen molar-refractivity contribution in [2.24, 2.45) is 10.8 Å². The molecule has 0 aliphatic carbocycles. The van der Waals surface area contributed by atoms with Gasteiger partial charge in [0, 0.05) is 23.9 Å². The van der Waals surface area contributed by atoms with Gasteiger partial charge in [0.05, 0.1) is 11.4 Å². The van der Waals surface area contributed by atoms with Crippen molar-refractivity contribution in [2.45, 2.75) is 55.4 Å². The van der Waals surface area contributed by atoms with Gasteiger partial charge < -0.3 is 9.80 Å². The van der Waals surface area contributed by atoms with Crippen LogP contribution in [0.15, 0.2) is 24.3 Å². The van der Waals surface area contributed by atoms with Crippen LogP contribution in [0, 0.1) is 10.8 Å². The Bertz CT molecular complexity index is 541. The van der Waals surface area contributed by atoms with E-state index in [1.54, 1.807) is 9.80 Å². The van der Waals surface area contributed by atoms with E-state index >= 15 is 0 Å². The van der Waals surface area contributed by atoms with Gasteiger partial charge in [-0.3, -0.25) is 9.59 Å². The molecule has 0 saturated heterocycles. The van der Waals surface area contributed by atoms with Gasteiger partial charge in [-0.1, -0.05) is 53.7 Å². The number of carbonyl (C=O) groups is 2. The summed E-state index contributed by atoms with van der Waals surface area (Å²) in [5, 5.41) is 0. The van der Waals surface area contributed by atoms with Crippen molar-refractivity contribution in [1.82, 2.24) is 0 Å². The second kappa shape index (κ2) is 7.37. The molecule has 0 spiro atoms. The van der Waals surface area contributed by atoms with E-state index in [0.717, 1.165) is 11.4 Å². The third-order valence-corrected chi connectivity index (χ3v) is 3.87. The number of para-hydroxylation sites is 2. The largest absolute Gasteiger partial charge is 0.310 e. The number of amides is 2. The van der Waals surface area contributed by atoms with Crippen LogP contribution in [-0.4, -0.2) is 24.9 Å². The number of benzene rings is 1. The fourth-order valence-corrected chi connectivity index (χ4v) is 2.58. The minimum atomic E-state index is -0.478. The summed E-state index contributed by atoms with van der Waals surface area (Å²) in [6.07, 6.45) is 0. The van der Waals surface area contributed by atoms with Gasteiger partial charge in [0.1, 0.15) is 0 Å². The maximum atomic E-state index is 12.8. The van der Waals surface area contributed by atoms with E-state index in [9.17, 15) is 9.59 Å². The Hall–Kier alpha value is -1.84. The van der Waals surface area contributed by atoms with Crippen LogP contribution in [0.5, 0.6) is 0 Å². The number of nitrogens with zero attached hydrogens (tertiary/aromatic N) is 2. The molecule has 0 N–H and O–H groups in total. The van der Waals surface area contributed by atoms with Gasteiger partial charge in [-0.25, -0.2) is 0 Å². The lowest BCUT2D eigenvalue weighted by Crippen LogP contribution is -2.43. The van der Waals surface area contributed by atoms with Gasteiger partial charge >= 0.3 is 0 Å². The second-order valence-corrected chi connectivity index (χ2v) is 8.09. The van der Waals surface area contributed by atoms with Crippen molar-refractivity contribution in [2.75, 3.05) is 22.9 Å². The number of rotatable bonds is 4. The van der Waals surface area contributed by atoms with Gasteiger partial charge in [-0.2, -0.15) is 0 Å². The number of anilines is 2. The van der Waals surface area contributed by atoms with Crippen LogP contribution in [-0.2, 0) is 9.59 Å². The van der Waals surface area contributed by atoms with Crippen LogP contribution in [0.1, 0.15) is 55.4 Å². The lowest BCUT2D eigenvalue weighted by atomic mass is 9.93. The van der Waals surface area contributed by atoms with Gasteiger partial charge in [0.25, 0.3) is 0 Å². The number of hydrogen-bond donors (Lipinski definition) is 0. The van der Waals surface area contributed by atoms with Crippen molar-refractivity contribution in [1.29, 1.82) is 0 Å². The first-order valence-corrected chi connectivity index (χ1v) is 8.68. The van der Waals surface area contributed by atoms with Crippen molar-refractivity contribution >= 4 is 23.2 Å². The van der Waals surface area contributed by atoms with Crippen LogP contribution in [0.25, 0.3) is 0 Å². The fraction of sp³-hybridized carbons (Fsp3) is 0.600. The molecule has 4 nitrogen and oxygen atoms in total. The zero-order valence-corrected chi connectivity index (χ0v) is 16.4. The predicted octanol–water partition coefficient (Wildman–Crippen LogP) is 4.48. The number of carbonyl (C=O) groups excluding carboxylic acids is 2. The molecule has 134 valence electrons. The van der Waals surface area contributed by atoms with E-state index in [2.05, 4.69) is 0 Å². The Balaban J connectivity index is 3.43. The standard InChI is InChI=1S/C20H32N2O2/c1-9-21(17(23)19(3,4)5)15-13-11-12-14-16(15)22(10-2)18(24)20(6,7)8/h11-14H,9-10H2,1-8H3. The third-order valence-electron chi connectivity index (χ3n) is 3.87. The molecular weight excluding hydrogens is 300 g/mol.